The number of rotatable bonds is 2. The molecular weight excluding hydrogens is 286 g/mol. The van der Waals surface area contributed by atoms with Gasteiger partial charge < -0.3 is 0 Å². The lowest BCUT2D eigenvalue weighted by Crippen LogP contribution is -2.44. The molecule has 0 amide bonds. The van der Waals surface area contributed by atoms with E-state index in [0.717, 1.165) is 6.92 Å². The summed E-state index contributed by atoms with van der Waals surface area (Å²) in [6, 6.07) is 1.07. The zero-order chi connectivity index (χ0) is 14.3. The Bertz CT molecular complexity index is 494. The highest BCUT2D eigenvalue weighted by Gasteiger charge is 2.63. The average molecular weight is 291 g/mol. The molecule has 1 nitrogen and oxygen atoms in total. The van der Waals surface area contributed by atoms with Crippen LogP contribution in [0.25, 0.3) is 0 Å². The van der Waals surface area contributed by atoms with Gasteiger partial charge in [0.1, 0.15) is 5.82 Å². The SMILES string of the molecule is Cc1cc(C(=O)C(F)(F)C(F)(F)F)c(Cl)cc1F. The van der Waals surface area contributed by atoms with Crippen LogP contribution in [0.3, 0.4) is 0 Å². The average Bonchev–Trinajstić information content (AvgIpc) is 2.20. The molecule has 8 heteroatoms. The second-order valence-corrected chi connectivity index (χ2v) is 3.89. The minimum Gasteiger partial charge on any atom is -0.287 e. The van der Waals surface area contributed by atoms with E-state index < -0.39 is 34.3 Å². The van der Waals surface area contributed by atoms with Gasteiger partial charge in [0.05, 0.1) is 5.02 Å². The van der Waals surface area contributed by atoms with Crippen LogP contribution in [0.15, 0.2) is 12.1 Å². The number of halogens is 7. The molecule has 0 saturated heterocycles. The Balaban J connectivity index is 3.32. The van der Waals surface area contributed by atoms with E-state index in [2.05, 4.69) is 0 Å². The summed E-state index contributed by atoms with van der Waals surface area (Å²) in [5.41, 5.74) is -1.33. The third kappa shape index (κ3) is 2.45. The maximum Gasteiger partial charge on any atom is 0.461 e. The Hall–Kier alpha value is -1.24. The van der Waals surface area contributed by atoms with Gasteiger partial charge in [-0.05, 0) is 24.6 Å². The lowest BCUT2D eigenvalue weighted by molar-refractivity contribution is -0.255. The molecule has 1 rings (SSSR count). The Morgan fingerprint density at radius 3 is 2.11 bits per heavy atom. The van der Waals surface area contributed by atoms with Crippen molar-refractivity contribution in [2.75, 3.05) is 0 Å². The lowest BCUT2D eigenvalue weighted by atomic mass is 10.0. The van der Waals surface area contributed by atoms with Gasteiger partial charge in [0.15, 0.2) is 0 Å². The van der Waals surface area contributed by atoms with E-state index in [-0.39, 0.29) is 5.56 Å². The highest BCUT2D eigenvalue weighted by Crippen LogP contribution is 2.39. The fraction of sp³-hybridized carbons (Fsp3) is 0.300. The molecule has 0 fully saturated rings. The maximum atomic E-state index is 12.9. The number of Topliss-reactive ketones (excluding diaryl/α,β-unsaturated/α-hetero) is 1. The molecule has 0 saturated carbocycles. The van der Waals surface area contributed by atoms with Crippen molar-refractivity contribution in [1.29, 1.82) is 0 Å². The minimum atomic E-state index is -6.03. The summed E-state index contributed by atoms with van der Waals surface area (Å²) < 4.78 is 74.5. The standard InChI is InChI=1S/C10H5ClF6O/c1-4-2-5(6(11)3-7(4)12)8(18)9(13,14)10(15,16)17/h2-3H,1H3. The van der Waals surface area contributed by atoms with Crippen LogP contribution in [-0.4, -0.2) is 17.9 Å². The highest BCUT2D eigenvalue weighted by molar-refractivity contribution is 6.34. The van der Waals surface area contributed by atoms with Crippen molar-refractivity contribution in [2.45, 2.75) is 19.0 Å². The van der Waals surface area contributed by atoms with Gasteiger partial charge >= 0.3 is 12.1 Å². The summed E-state index contributed by atoms with van der Waals surface area (Å²) in [4.78, 5) is 11.1. The molecule has 0 aliphatic heterocycles. The van der Waals surface area contributed by atoms with Crippen molar-refractivity contribution in [3.05, 3.63) is 34.1 Å². The minimum absolute atomic E-state index is 0.263. The normalized spacial score (nSPS) is 12.7. The largest absolute Gasteiger partial charge is 0.461 e. The van der Waals surface area contributed by atoms with E-state index in [9.17, 15) is 31.1 Å². The van der Waals surface area contributed by atoms with Crippen molar-refractivity contribution in [3.8, 4) is 0 Å². The molecule has 1 aromatic carbocycles. The van der Waals surface area contributed by atoms with E-state index in [1.54, 1.807) is 0 Å². The zero-order valence-electron chi connectivity index (χ0n) is 8.71. The number of hydrogen-bond donors (Lipinski definition) is 0. The van der Waals surface area contributed by atoms with Crippen LogP contribution in [-0.2, 0) is 0 Å². The quantitative estimate of drug-likeness (QED) is 0.590. The molecule has 0 radical (unpaired) electrons. The van der Waals surface area contributed by atoms with E-state index >= 15 is 0 Å². The van der Waals surface area contributed by atoms with Crippen LogP contribution in [0.1, 0.15) is 15.9 Å². The molecule has 0 spiro atoms. The van der Waals surface area contributed by atoms with Crippen LogP contribution in [0.2, 0.25) is 5.02 Å². The van der Waals surface area contributed by atoms with Crippen molar-refractivity contribution in [3.63, 3.8) is 0 Å². The lowest BCUT2D eigenvalue weighted by Gasteiger charge is -2.18. The number of ketones is 1. The molecule has 0 heterocycles. The molecule has 0 unspecified atom stereocenters. The first-order valence-corrected chi connectivity index (χ1v) is 4.81. The van der Waals surface area contributed by atoms with E-state index in [4.69, 9.17) is 11.6 Å². The summed E-state index contributed by atoms with van der Waals surface area (Å²) in [6.45, 7) is 1.11. The monoisotopic (exact) mass is 290 g/mol. The van der Waals surface area contributed by atoms with Crippen molar-refractivity contribution in [2.24, 2.45) is 0 Å². The number of hydrogen-bond acceptors (Lipinski definition) is 1. The van der Waals surface area contributed by atoms with Gasteiger partial charge in [-0.2, -0.15) is 22.0 Å². The van der Waals surface area contributed by atoms with Gasteiger partial charge in [-0.25, -0.2) is 4.39 Å². The van der Waals surface area contributed by atoms with Gasteiger partial charge in [0, 0.05) is 5.56 Å². The van der Waals surface area contributed by atoms with Crippen LogP contribution >= 0.6 is 11.6 Å². The molecule has 100 valence electrons. The smallest absolute Gasteiger partial charge is 0.287 e. The number of benzene rings is 1. The first kappa shape index (κ1) is 14.8. The summed E-state index contributed by atoms with van der Waals surface area (Å²) in [7, 11) is 0. The molecule has 0 aliphatic rings. The van der Waals surface area contributed by atoms with E-state index in [1.807, 2.05) is 0 Å². The molecule has 0 bridgehead atoms. The van der Waals surface area contributed by atoms with Crippen molar-refractivity contribution < 1.29 is 31.1 Å². The predicted molar refractivity (Wildman–Crippen MR) is 51.5 cm³/mol. The highest BCUT2D eigenvalue weighted by atomic mass is 35.5. The van der Waals surface area contributed by atoms with E-state index in [1.165, 1.54) is 0 Å². The topological polar surface area (TPSA) is 17.1 Å². The fourth-order valence-corrected chi connectivity index (χ4v) is 1.37. The molecule has 0 aliphatic carbocycles. The Morgan fingerprint density at radius 2 is 1.67 bits per heavy atom. The first-order chi connectivity index (χ1) is 7.98. The Labute approximate surface area is 102 Å². The fourth-order valence-electron chi connectivity index (χ4n) is 1.13. The van der Waals surface area contributed by atoms with E-state index in [0.29, 0.717) is 12.1 Å². The van der Waals surface area contributed by atoms with Gasteiger partial charge in [-0.3, -0.25) is 4.79 Å². The molecule has 1 aromatic rings. The number of alkyl halides is 5. The van der Waals surface area contributed by atoms with Crippen LogP contribution in [0.4, 0.5) is 26.3 Å². The second-order valence-electron chi connectivity index (χ2n) is 3.48. The first-order valence-electron chi connectivity index (χ1n) is 4.43. The third-order valence-corrected chi connectivity index (χ3v) is 2.45. The van der Waals surface area contributed by atoms with Gasteiger partial charge in [0.25, 0.3) is 0 Å². The third-order valence-electron chi connectivity index (χ3n) is 2.13. The van der Waals surface area contributed by atoms with Gasteiger partial charge in [0.2, 0.25) is 5.78 Å². The van der Waals surface area contributed by atoms with Crippen LogP contribution < -0.4 is 0 Å². The Morgan fingerprint density at radius 1 is 1.17 bits per heavy atom. The summed E-state index contributed by atoms with van der Waals surface area (Å²) >= 11 is 5.29. The summed E-state index contributed by atoms with van der Waals surface area (Å²) in [5.74, 6) is -8.99. The number of carbonyl (C=O) groups is 1. The summed E-state index contributed by atoms with van der Waals surface area (Å²) in [5, 5.41) is -0.799. The van der Waals surface area contributed by atoms with Crippen molar-refractivity contribution >= 4 is 17.4 Å². The predicted octanol–water partition coefficient (Wildman–Crippen LogP) is 4.17. The van der Waals surface area contributed by atoms with Gasteiger partial charge in [-0.15, -0.1) is 0 Å². The number of carbonyl (C=O) groups excluding carboxylic acids is 1. The second kappa shape index (κ2) is 4.46. The number of aryl methyl sites for hydroxylation is 1. The van der Waals surface area contributed by atoms with Crippen LogP contribution in [0, 0.1) is 12.7 Å². The Kier molecular flexibility index (Phi) is 3.67. The molecule has 18 heavy (non-hydrogen) atoms. The molecule has 0 aromatic heterocycles. The van der Waals surface area contributed by atoms with Crippen molar-refractivity contribution in [1.82, 2.24) is 0 Å². The maximum absolute atomic E-state index is 12.9. The molecule has 0 atom stereocenters. The molecular formula is C10H5ClF6O. The summed E-state index contributed by atoms with van der Waals surface area (Å²) in [6.07, 6.45) is -6.03. The molecule has 0 N–H and O–H groups in total. The van der Waals surface area contributed by atoms with Crippen LogP contribution in [0.5, 0.6) is 0 Å². The van der Waals surface area contributed by atoms with Gasteiger partial charge in [-0.1, -0.05) is 11.6 Å². The zero-order valence-corrected chi connectivity index (χ0v) is 9.46.